The molecule has 1 aromatic carbocycles. The van der Waals surface area contributed by atoms with Crippen molar-refractivity contribution >= 4 is 29.0 Å². The molecule has 0 spiro atoms. The quantitative estimate of drug-likeness (QED) is 0.720. The van der Waals surface area contributed by atoms with Gasteiger partial charge in [-0.3, -0.25) is 4.79 Å². The first-order valence-corrected chi connectivity index (χ1v) is 6.40. The molecule has 0 heterocycles. The Bertz CT molecular complexity index is 391. The summed E-state index contributed by atoms with van der Waals surface area (Å²) in [5.41, 5.74) is 0.458. The van der Waals surface area contributed by atoms with Crippen molar-refractivity contribution in [2.75, 3.05) is 6.61 Å². The summed E-state index contributed by atoms with van der Waals surface area (Å²) in [6, 6.07) is 4.84. The van der Waals surface area contributed by atoms with Gasteiger partial charge in [0, 0.05) is 10.6 Å². The lowest BCUT2D eigenvalue weighted by atomic mass is 10.1. The number of benzene rings is 1. The first-order chi connectivity index (χ1) is 8.04. The Morgan fingerprint density at radius 3 is 2.71 bits per heavy atom. The van der Waals surface area contributed by atoms with E-state index in [0.29, 0.717) is 15.6 Å². The molecular weight excluding hydrogens is 259 g/mol. The summed E-state index contributed by atoms with van der Waals surface area (Å²) >= 11 is 11.7. The maximum absolute atomic E-state index is 11.8. The number of ether oxygens (including phenoxy) is 1. The van der Waals surface area contributed by atoms with Crippen molar-refractivity contribution in [2.24, 2.45) is 0 Å². The van der Waals surface area contributed by atoms with Crippen LogP contribution in [0.3, 0.4) is 0 Å². The zero-order valence-corrected chi connectivity index (χ0v) is 11.5. The molecule has 17 heavy (non-hydrogen) atoms. The molecule has 94 valence electrons. The van der Waals surface area contributed by atoms with Gasteiger partial charge in [-0.1, -0.05) is 36.5 Å². The van der Waals surface area contributed by atoms with Gasteiger partial charge in [-0.2, -0.15) is 0 Å². The summed E-state index contributed by atoms with van der Waals surface area (Å²) in [5, 5.41) is 0.890. The summed E-state index contributed by atoms with van der Waals surface area (Å²) in [6.07, 6.45) is 2.08. The van der Waals surface area contributed by atoms with Crippen molar-refractivity contribution in [2.45, 2.75) is 32.8 Å². The number of Topliss-reactive ketones (excluding diaryl/α,β-unsaturated/α-hetero) is 1. The first-order valence-electron chi connectivity index (χ1n) is 5.64. The van der Waals surface area contributed by atoms with Crippen molar-refractivity contribution in [3.63, 3.8) is 0 Å². The van der Waals surface area contributed by atoms with Crippen LogP contribution in [-0.4, -0.2) is 18.5 Å². The lowest BCUT2D eigenvalue weighted by Gasteiger charge is -2.11. The Morgan fingerprint density at radius 2 is 2.12 bits per heavy atom. The third-order valence-corrected chi connectivity index (χ3v) is 2.97. The Labute approximate surface area is 112 Å². The van der Waals surface area contributed by atoms with Crippen LogP contribution in [0, 0.1) is 0 Å². The number of halogens is 2. The van der Waals surface area contributed by atoms with Gasteiger partial charge in [0.2, 0.25) is 0 Å². The van der Waals surface area contributed by atoms with Crippen LogP contribution in [0.15, 0.2) is 18.2 Å². The molecule has 1 rings (SSSR count). The van der Waals surface area contributed by atoms with E-state index in [2.05, 4.69) is 6.92 Å². The largest absolute Gasteiger partial charge is 0.370 e. The van der Waals surface area contributed by atoms with Crippen LogP contribution in [0.4, 0.5) is 0 Å². The predicted molar refractivity (Wildman–Crippen MR) is 71.1 cm³/mol. The SMILES string of the molecule is CCCC(C)OCC(=O)c1ccc(Cl)cc1Cl. The van der Waals surface area contributed by atoms with Crippen LogP contribution in [0.2, 0.25) is 10.0 Å². The molecule has 0 saturated heterocycles. The summed E-state index contributed by atoms with van der Waals surface area (Å²) in [4.78, 5) is 11.8. The number of ketones is 1. The molecule has 0 radical (unpaired) electrons. The predicted octanol–water partition coefficient (Wildman–Crippen LogP) is 4.38. The second kappa shape index (κ2) is 7.00. The van der Waals surface area contributed by atoms with Crippen LogP contribution in [0.25, 0.3) is 0 Å². The molecule has 0 aliphatic rings. The Kier molecular flexibility index (Phi) is 5.96. The standard InChI is InChI=1S/C13H16Cl2O2/c1-3-4-9(2)17-8-13(16)11-6-5-10(14)7-12(11)15/h5-7,9H,3-4,8H2,1-2H3. The first kappa shape index (κ1) is 14.5. The van der Waals surface area contributed by atoms with E-state index in [0.717, 1.165) is 12.8 Å². The maximum Gasteiger partial charge on any atom is 0.189 e. The molecule has 0 amide bonds. The molecule has 2 nitrogen and oxygen atoms in total. The summed E-state index contributed by atoms with van der Waals surface area (Å²) < 4.78 is 5.44. The lowest BCUT2D eigenvalue weighted by molar-refractivity contribution is 0.0490. The Balaban J connectivity index is 2.58. The normalized spacial score (nSPS) is 12.5. The molecule has 1 atom stereocenters. The monoisotopic (exact) mass is 274 g/mol. The average molecular weight is 275 g/mol. The number of hydrogen-bond acceptors (Lipinski definition) is 2. The number of carbonyl (C=O) groups is 1. The minimum absolute atomic E-state index is 0.0581. The molecule has 1 aromatic rings. The van der Waals surface area contributed by atoms with Crippen LogP contribution in [0.1, 0.15) is 37.0 Å². The van der Waals surface area contributed by atoms with Crippen molar-refractivity contribution < 1.29 is 9.53 Å². The lowest BCUT2D eigenvalue weighted by Crippen LogP contribution is -2.16. The number of hydrogen-bond donors (Lipinski definition) is 0. The van der Waals surface area contributed by atoms with Gasteiger partial charge in [0.25, 0.3) is 0 Å². The minimum atomic E-state index is -0.116. The van der Waals surface area contributed by atoms with Gasteiger partial charge >= 0.3 is 0 Å². The second-order valence-corrected chi connectivity index (χ2v) is 4.80. The van der Waals surface area contributed by atoms with Crippen molar-refractivity contribution in [3.8, 4) is 0 Å². The van der Waals surface area contributed by atoms with Crippen molar-refractivity contribution in [1.29, 1.82) is 0 Å². The zero-order chi connectivity index (χ0) is 12.8. The molecule has 0 aliphatic heterocycles. The van der Waals surface area contributed by atoms with Crippen LogP contribution in [-0.2, 0) is 4.74 Å². The highest BCUT2D eigenvalue weighted by Crippen LogP contribution is 2.21. The van der Waals surface area contributed by atoms with Gasteiger partial charge in [-0.05, 0) is 31.5 Å². The fourth-order valence-electron chi connectivity index (χ4n) is 1.50. The van der Waals surface area contributed by atoms with E-state index < -0.39 is 0 Å². The van der Waals surface area contributed by atoms with Crippen molar-refractivity contribution in [1.82, 2.24) is 0 Å². The van der Waals surface area contributed by atoms with E-state index in [1.54, 1.807) is 18.2 Å². The summed E-state index contributed by atoms with van der Waals surface area (Å²) in [7, 11) is 0. The number of rotatable bonds is 6. The highest BCUT2D eigenvalue weighted by Gasteiger charge is 2.12. The third kappa shape index (κ3) is 4.66. The van der Waals surface area contributed by atoms with E-state index in [1.807, 2.05) is 6.92 Å². The van der Waals surface area contributed by atoms with Gasteiger partial charge in [-0.25, -0.2) is 0 Å². The van der Waals surface area contributed by atoms with Crippen molar-refractivity contribution in [3.05, 3.63) is 33.8 Å². The van der Waals surface area contributed by atoms with Gasteiger partial charge in [0.05, 0.1) is 11.1 Å². The fourth-order valence-corrected chi connectivity index (χ4v) is 2.02. The van der Waals surface area contributed by atoms with E-state index >= 15 is 0 Å². The topological polar surface area (TPSA) is 26.3 Å². The smallest absolute Gasteiger partial charge is 0.189 e. The summed E-state index contributed by atoms with van der Waals surface area (Å²) in [5.74, 6) is -0.116. The Morgan fingerprint density at radius 1 is 1.41 bits per heavy atom. The maximum atomic E-state index is 11.8. The molecule has 0 N–H and O–H groups in total. The second-order valence-electron chi connectivity index (χ2n) is 3.96. The highest BCUT2D eigenvalue weighted by molar-refractivity contribution is 6.36. The Hall–Kier alpha value is -0.570. The molecule has 4 heteroatoms. The fraction of sp³-hybridized carbons (Fsp3) is 0.462. The molecule has 0 fully saturated rings. The van der Waals surface area contributed by atoms with Crippen LogP contribution in [0.5, 0.6) is 0 Å². The molecular formula is C13H16Cl2O2. The van der Waals surface area contributed by atoms with E-state index in [1.165, 1.54) is 0 Å². The zero-order valence-electron chi connectivity index (χ0n) is 10.0. The van der Waals surface area contributed by atoms with E-state index in [-0.39, 0.29) is 18.5 Å². The van der Waals surface area contributed by atoms with Crippen LogP contribution < -0.4 is 0 Å². The molecule has 0 aromatic heterocycles. The van der Waals surface area contributed by atoms with Crippen LogP contribution >= 0.6 is 23.2 Å². The highest BCUT2D eigenvalue weighted by atomic mass is 35.5. The summed E-state index contributed by atoms with van der Waals surface area (Å²) in [6.45, 7) is 4.10. The molecule has 0 bridgehead atoms. The molecule has 0 saturated carbocycles. The van der Waals surface area contributed by atoms with E-state index in [4.69, 9.17) is 27.9 Å². The van der Waals surface area contributed by atoms with E-state index in [9.17, 15) is 4.79 Å². The van der Waals surface area contributed by atoms with Gasteiger partial charge in [0.15, 0.2) is 5.78 Å². The minimum Gasteiger partial charge on any atom is -0.370 e. The molecule has 0 aliphatic carbocycles. The van der Waals surface area contributed by atoms with Gasteiger partial charge in [-0.15, -0.1) is 0 Å². The third-order valence-electron chi connectivity index (χ3n) is 2.43. The van der Waals surface area contributed by atoms with Gasteiger partial charge < -0.3 is 4.74 Å². The number of carbonyl (C=O) groups excluding carboxylic acids is 1. The van der Waals surface area contributed by atoms with Gasteiger partial charge in [0.1, 0.15) is 6.61 Å². The molecule has 1 unspecified atom stereocenters. The average Bonchev–Trinajstić information content (AvgIpc) is 2.26.